The maximum Gasteiger partial charge on any atom is 0.321 e. The Bertz CT molecular complexity index is 485. The topological polar surface area (TPSA) is 65.2 Å². The molecule has 5 heteroatoms. The molecule has 0 unspecified atom stereocenters. The molecule has 1 aromatic heterocycles. The summed E-state index contributed by atoms with van der Waals surface area (Å²) in [6.07, 6.45) is 9.36. The number of nitrogens with zero attached hydrogens (tertiary/aromatic N) is 2. The van der Waals surface area contributed by atoms with Crippen LogP contribution in [0.15, 0.2) is 4.52 Å². The summed E-state index contributed by atoms with van der Waals surface area (Å²) in [4.78, 5) is 17.2. The van der Waals surface area contributed by atoms with Gasteiger partial charge < -0.3 is 9.26 Å². The molecule has 0 atom stereocenters. The zero-order valence-electron chi connectivity index (χ0n) is 12.8. The van der Waals surface area contributed by atoms with E-state index in [1.54, 1.807) is 0 Å². The SMILES string of the molecule is CCOC(=O)C1(c2nc(C3CCC3)no2)CCCCCC1. The van der Waals surface area contributed by atoms with Crippen LogP contribution in [0.5, 0.6) is 0 Å². The highest BCUT2D eigenvalue weighted by Gasteiger charge is 2.47. The van der Waals surface area contributed by atoms with Gasteiger partial charge in [0.2, 0.25) is 5.89 Å². The van der Waals surface area contributed by atoms with Crippen molar-refractivity contribution >= 4 is 5.97 Å². The molecule has 0 saturated heterocycles. The van der Waals surface area contributed by atoms with Crippen molar-refractivity contribution in [2.24, 2.45) is 0 Å². The van der Waals surface area contributed by atoms with Gasteiger partial charge in [-0.25, -0.2) is 0 Å². The van der Waals surface area contributed by atoms with Crippen molar-refractivity contribution in [2.45, 2.75) is 76.0 Å². The Morgan fingerprint density at radius 1 is 1.24 bits per heavy atom. The van der Waals surface area contributed by atoms with E-state index in [4.69, 9.17) is 9.26 Å². The quantitative estimate of drug-likeness (QED) is 0.627. The van der Waals surface area contributed by atoms with Crippen molar-refractivity contribution in [1.82, 2.24) is 10.1 Å². The third kappa shape index (κ3) is 2.70. The number of hydrogen-bond acceptors (Lipinski definition) is 5. The zero-order chi connectivity index (χ0) is 14.7. The van der Waals surface area contributed by atoms with Crippen LogP contribution < -0.4 is 0 Å². The first-order chi connectivity index (χ1) is 10.3. The molecule has 1 heterocycles. The molecule has 3 rings (SSSR count). The first-order valence-electron chi connectivity index (χ1n) is 8.27. The van der Waals surface area contributed by atoms with E-state index in [0.717, 1.165) is 57.2 Å². The smallest absolute Gasteiger partial charge is 0.321 e. The summed E-state index contributed by atoms with van der Waals surface area (Å²) < 4.78 is 10.9. The highest BCUT2D eigenvalue weighted by molar-refractivity contribution is 5.81. The molecule has 0 spiro atoms. The number of ether oxygens (including phenoxy) is 1. The molecule has 0 bridgehead atoms. The molecule has 116 valence electrons. The minimum atomic E-state index is -0.707. The van der Waals surface area contributed by atoms with Crippen LogP contribution in [-0.4, -0.2) is 22.7 Å². The van der Waals surface area contributed by atoms with E-state index in [-0.39, 0.29) is 5.97 Å². The van der Waals surface area contributed by atoms with Crippen molar-refractivity contribution in [3.63, 3.8) is 0 Å². The number of hydrogen-bond donors (Lipinski definition) is 0. The lowest BCUT2D eigenvalue weighted by Crippen LogP contribution is -2.37. The Balaban J connectivity index is 1.89. The fourth-order valence-corrected chi connectivity index (χ4v) is 3.37. The third-order valence-electron chi connectivity index (χ3n) is 4.94. The third-order valence-corrected chi connectivity index (χ3v) is 4.94. The van der Waals surface area contributed by atoms with Crippen molar-refractivity contribution in [3.8, 4) is 0 Å². The number of carbonyl (C=O) groups excluding carboxylic acids is 1. The first kappa shape index (κ1) is 14.5. The molecule has 0 N–H and O–H groups in total. The molecular formula is C16H24N2O3. The van der Waals surface area contributed by atoms with E-state index in [1.807, 2.05) is 6.92 Å². The maximum atomic E-state index is 12.6. The summed E-state index contributed by atoms with van der Waals surface area (Å²) in [5.74, 6) is 1.51. The molecule has 21 heavy (non-hydrogen) atoms. The van der Waals surface area contributed by atoms with Crippen LogP contribution in [0, 0.1) is 0 Å². The van der Waals surface area contributed by atoms with Gasteiger partial charge >= 0.3 is 5.97 Å². The van der Waals surface area contributed by atoms with Crippen LogP contribution in [0.1, 0.15) is 82.3 Å². The largest absolute Gasteiger partial charge is 0.465 e. The first-order valence-corrected chi connectivity index (χ1v) is 8.27. The summed E-state index contributed by atoms with van der Waals surface area (Å²) in [5.41, 5.74) is -0.707. The van der Waals surface area contributed by atoms with Crippen LogP contribution in [0.3, 0.4) is 0 Å². The normalized spacial score (nSPS) is 22.3. The van der Waals surface area contributed by atoms with Gasteiger partial charge in [0, 0.05) is 5.92 Å². The van der Waals surface area contributed by atoms with Gasteiger partial charge in [-0.05, 0) is 32.6 Å². The average molecular weight is 292 g/mol. The van der Waals surface area contributed by atoms with Gasteiger partial charge in [0.15, 0.2) is 5.82 Å². The van der Waals surface area contributed by atoms with Gasteiger partial charge in [-0.15, -0.1) is 0 Å². The molecule has 0 aliphatic heterocycles. The highest BCUT2D eigenvalue weighted by Crippen LogP contribution is 2.41. The molecule has 2 saturated carbocycles. The van der Waals surface area contributed by atoms with Crippen LogP contribution in [0.4, 0.5) is 0 Å². The highest BCUT2D eigenvalue weighted by atomic mass is 16.5. The van der Waals surface area contributed by atoms with Gasteiger partial charge in [0.05, 0.1) is 6.61 Å². The zero-order valence-corrected chi connectivity index (χ0v) is 12.8. The second kappa shape index (κ2) is 6.16. The van der Waals surface area contributed by atoms with E-state index < -0.39 is 5.41 Å². The molecular weight excluding hydrogens is 268 g/mol. The van der Waals surface area contributed by atoms with Gasteiger partial charge in [-0.1, -0.05) is 37.3 Å². The van der Waals surface area contributed by atoms with Gasteiger partial charge in [-0.2, -0.15) is 4.98 Å². The fourth-order valence-electron chi connectivity index (χ4n) is 3.37. The van der Waals surface area contributed by atoms with Crippen LogP contribution in [0.25, 0.3) is 0 Å². The summed E-state index contributed by atoms with van der Waals surface area (Å²) >= 11 is 0. The lowest BCUT2D eigenvalue weighted by atomic mass is 9.80. The number of esters is 1. The summed E-state index contributed by atoms with van der Waals surface area (Å²) in [6, 6.07) is 0. The lowest BCUT2D eigenvalue weighted by molar-refractivity contribution is -0.152. The Labute approximate surface area is 125 Å². The van der Waals surface area contributed by atoms with Gasteiger partial charge in [0.25, 0.3) is 0 Å². The number of aromatic nitrogens is 2. The predicted octanol–water partition coefficient (Wildman–Crippen LogP) is 3.49. The van der Waals surface area contributed by atoms with Crippen LogP contribution >= 0.6 is 0 Å². The van der Waals surface area contributed by atoms with Gasteiger partial charge in [0.1, 0.15) is 5.41 Å². The molecule has 0 radical (unpaired) electrons. The fraction of sp³-hybridized carbons (Fsp3) is 0.812. The van der Waals surface area contributed by atoms with Crippen LogP contribution in [0.2, 0.25) is 0 Å². The maximum absolute atomic E-state index is 12.6. The summed E-state index contributed by atoms with van der Waals surface area (Å²) in [6.45, 7) is 2.24. The molecule has 5 nitrogen and oxygen atoms in total. The summed E-state index contributed by atoms with van der Waals surface area (Å²) in [5, 5.41) is 4.14. The molecule has 2 fully saturated rings. The van der Waals surface area contributed by atoms with E-state index in [0.29, 0.717) is 18.4 Å². The van der Waals surface area contributed by atoms with E-state index in [2.05, 4.69) is 10.1 Å². The molecule has 0 amide bonds. The Morgan fingerprint density at radius 3 is 2.52 bits per heavy atom. The van der Waals surface area contributed by atoms with Gasteiger partial charge in [-0.3, -0.25) is 4.79 Å². The van der Waals surface area contributed by atoms with E-state index >= 15 is 0 Å². The Morgan fingerprint density at radius 2 is 1.95 bits per heavy atom. The van der Waals surface area contributed by atoms with Crippen molar-refractivity contribution in [1.29, 1.82) is 0 Å². The van der Waals surface area contributed by atoms with Crippen molar-refractivity contribution < 1.29 is 14.1 Å². The molecule has 2 aliphatic rings. The number of carbonyl (C=O) groups is 1. The second-order valence-corrected chi connectivity index (χ2v) is 6.30. The monoisotopic (exact) mass is 292 g/mol. The minimum absolute atomic E-state index is 0.185. The Hall–Kier alpha value is -1.39. The second-order valence-electron chi connectivity index (χ2n) is 6.30. The Kier molecular flexibility index (Phi) is 4.27. The van der Waals surface area contributed by atoms with Crippen LogP contribution in [-0.2, 0) is 14.9 Å². The number of rotatable bonds is 4. The standard InChI is InChI=1S/C16H24N2O3/c1-2-20-15(19)16(10-5-3-4-6-11-16)14-17-13(18-21-14)12-8-7-9-12/h12H,2-11H2,1H3. The predicted molar refractivity (Wildman–Crippen MR) is 76.9 cm³/mol. The lowest BCUT2D eigenvalue weighted by Gasteiger charge is -2.26. The molecule has 1 aromatic rings. The summed E-state index contributed by atoms with van der Waals surface area (Å²) in [7, 11) is 0. The van der Waals surface area contributed by atoms with Crippen molar-refractivity contribution in [2.75, 3.05) is 6.61 Å². The average Bonchev–Trinajstić information content (AvgIpc) is 2.75. The minimum Gasteiger partial charge on any atom is -0.465 e. The van der Waals surface area contributed by atoms with E-state index in [9.17, 15) is 4.79 Å². The van der Waals surface area contributed by atoms with Crippen molar-refractivity contribution in [3.05, 3.63) is 11.7 Å². The molecule has 2 aliphatic carbocycles. The van der Waals surface area contributed by atoms with E-state index in [1.165, 1.54) is 6.42 Å². The molecule has 0 aromatic carbocycles.